The highest BCUT2D eigenvalue weighted by molar-refractivity contribution is 6.02. The minimum absolute atomic E-state index is 0.271. The molecule has 0 saturated heterocycles. The predicted molar refractivity (Wildman–Crippen MR) is 87.7 cm³/mol. The van der Waals surface area contributed by atoms with E-state index in [1.807, 2.05) is 31.2 Å². The number of ether oxygens (including phenoxy) is 1. The first kappa shape index (κ1) is 14.7. The molecular weight excluding hydrogens is 290 g/mol. The third-order valence-electron chi connectivity index (χ3n) is 3.16. The Morgan fingerprint density at radius 1 is 0.957 bits per heavy atom. The second-order valence-corrected chi connectivity index (χ2v) is 4.98. The third kappa shape index (κ3) is 3.91. The maximum absolute atomic E-state index is 12.0. The van der Waals surface area contributed by atoms with Gasteiger partial charge in [-0.05, 0) is 43.3 Å². The van der Waals surface area contributed by atoms with Gasteiger partial charge in [-0.15, -0.1) is 0 Å². The fourth-order valence-electron chi connectivity index (χ4n) is 1.96. The Kier molecular flexibility index (Phi) is 4.29. The lowest BCUT2D eigenvalue weighted by atomic mass is 10.2. The Morgan fingerprint density at radius 2 is 1.61 bits per heavy atom. The molecule has 0 bridgehead atoms. The molecule has 23 heavy (non-hydrogen) atoms. The van der Waals surface area contributed by atoms with E-state index < -0.39 is 0 Å². The van der Waals surface area contributed by atoms with E-state index in [9.17, 15) is 4.79 Å². The summed E-state index contributed by atoms with van der Waals surface area (Å²) in [5.41, 5.74) is 2.11. The molecule has 1 aromatic heterocycles. The number of aromatic nitrogens is 2. The first-order valence-corrected chi connectivity index (χ1v) is 7.13. The molecule has 0 spiro atoms. The van der Waals surface area contributed by atoms with Crippen molar-refractivity contribution >= 4 is 11.6 Å². The van der Waals surface area contributed by atoms with Crippen LogP contribution in [0.5, 0.6) is 11.5 Å². The molecule has 0 unspecified atom stereocenters. The second-order valence-electron chi connectivity index (χ2n) is 4.98. The summed E-state index contributed by atoms with van der Waals surface area (Å²) in [4.78, 5) is 19.8. The minimum atomic E-state index is -0.301. The summed E-state index contributed by atoms with van der Waals surface area (Å²) in [6.07, 6.45) is 4.42. The SMILES string of the molecule is Cc1ccc(Oc2ccc(NC(=O)c3cnccn3)cc2)cc1. The zero-order valence-corrected chi connectivity index (χ0v) is 12.6. The number of carbonyl (C=O) groups excluding carboxylic acids is 1. The van der Waals surface area contributed by atoms with Gasteiger partial charge in [0, 0.05) is 18.1 Å². The van der Waals surface area contributed by atoms with Gasteiger partial charge >= 0.3 is 0 Å². The lowest BCUT2D eigenvalue weighted by Crippen LogP contribution is -2.13. The fourth-order valence-corrected chi connectivity index (χ4v) is 1.96. The molecule has 0 atom stereocenters. The van der Waals surface area contributed by atoms with Crippen LogP contribution in [0.25, 0.3) is 0 Å². The van der Waals surface area contributed by atoms with Crippen LogP contribution in [-0.4, -0.2) is 15.9 Å². The number of nitrogens with one attached hydrogen (secondary N) is 1. The molecule has 0 radical (unpaired) electrons. The molecule has 1 N–H and O–H groups in total. The number of rotatable bonds is 4. The van der Waals surface area contributed by atoms with E-state index in [0.717, 1.165) is 5.75 Å². The van der Waals surface area contributed by atoms with Crippen molar-refractivity contribution in [1.82, 2.24) is 9.97 Å². The fraction of sp³-hybridized carbons (Fsp3) is 0.0556. The Bertz CT molecular complexity index is 785. The average Bonchev–Trinajstić information content (AvgIpc) is 2.59. The van der Waals surface area contributed by atoms with Gasteiger partial charge in [0.15, 0.2) is 0 Å². The highest BCUT2D eigenvalue weighted by Gasteiger charge is 2.07. The van der Waals surface area contributed by atoms with Gasteiger partial charge in [-0.1, -0.05) is 17.7 Å². The van der Waals surface area contributed by atoms with Crippen molar-refractivity contribution < 1.29 is 9.53 Å². The number of anilines is 1. The van der Waals surface area contributed by atoms with Crippen molar-refractivity contribution in [1.29, 1.82) is 0 Å². The molecule has 5 nitrogen and oxygen atoms in total. The van der Waals surface area contributed by atoms with Gasteiger partial charge in [0.2, 0.25) is 0 Å². The van der Waals surface area contributed by atoms with Crippen LogP contribution in [0, 0.1) is 6.92 Å². The van der Waals surface area contributed by atoms with E-state index in [4.69, 9.17) is 4.74 Å². The van der Waals surface area contributed by atoms with Crippen LogP contribution in [0.4, 0.5) is 5.69 Å². The van der Waals surface area contributed by atoms with Crippen LogP contribution in [-0.2, 0) is 0 Å². The van der Waals surface area contributed by atoms with Crippen LogP contribution in [0.15, 0.2) is 67.1 Å². The van der Waals surface area contributed by atoms with Gasteiger partial charge < -0.3 is 10.1 Å². The lowest BCUT2D eigenvalue weighted by Gasteiger charge is -2.08. The standard InChI is InChI=1S/C18H15N3O2/c1-13-2-6-15(7-3-13)23-16-8-4-14(5-9-16)21-18(22)17-12-19-10-11-20-17/h2-12H,1H3,(H,21,22). The summed E-state index contributed by atoms with van der Waals surface area (Å²) in [5, 5.41) is 2.76. The molecule has 2 aromatic carbocycles. The van der Waals surface area contributed by atoms with E-state index in [0.29, 0.717) is 11.4 Å². The van der Waals surface area contributed by atoms with Crippen LogP contribution < -0.4 is 10.1 Å². The summed E-state index contributed by atoms with van der Waals surface area (Å²) in [6, 6.07) is 15.0. The highest BCUT2D eigenvalue weighted by Crippen LogP contribution is 2.23. The molecule has 5 heteroatoms. The number of nitrogens with zero attached hydrogens (tertiary/aromatic N) is 2. The van der Waals surface area contributed by atoms with Crippen molar-refractivity contribution in [2.45, 2.75) is 6.92 Å². The van der Waals surface area contributed by atoms with Crippen LogP contribution in [0.3, 0.4) is 0 Å². The van der Waals surface area contributed by atoms with E-state index in [2.05, 4.69) is 15.3 Å². The van der Waals surface area contributed by atoms with Crippen molar-refractivity contribution in [3.63, 3.8) is 0 Å². The number of aryl methyl sites for hydroxylation is 1. The van der Waals surface area contributed by atoms with Gasteiger partial charge in [0.05, 0.1) is 6.20 Å². The van der Waals surface area contributed by atoms with Gasteiger partial charge in [-0.3, -0.25) is 9.78 Å². The number of amides is 1. The van der Waals surface area contributed by atoms with Crippen molar-refractivity contribution in [3.8, 4) is 11.5 Å². The number of benzene rings is 2. The van der Waals surface area contributed by atoms with E-state index in [1.54, 1.807) is 24.3 Å². The molecule has 0 aliphatic heterocycles. The summed E-state index contributed by atoms with van der Waals surface area (Å²) < 4.78 is 5.74. The first-order chi connectivity index (χ1) is 11.2. The normalized spacial score (nSPS) is 10.1. The maximum Gasteiger partial charge on any atom is 0.275 e. The summed E-state index contributed by atoms with van der Waals surface area (Å²) >= 11 is 0. The van der Waals surface area contributed by atoms with Crippen molar-refractivity contribution in [2.75, 3.05) is 5.32 Å². The summed E-state index contributed by atoms with van der Waals surface area (Å²) in [7, 11) is 0. The zero-order valence-electron chi connectivity index (χ0n) is 12.6. The molecule has 0 aliphatic rings. The molecule has 0 saturated carbocycles. The van der Waals surface area contributed by atoms with Gasteiger partial charge in [-0.2, -0.15) is 0 Å². The second kappa shape index (κ2) is 6.70. The summed E-state index contributed by atoms with van der Waals surface area (Å²) in [6.45, 7) is 2.03. The molecule has 0 aliphatic carbocycles. The number of carbonyl (C=O) groups is 1. The Labute approximate surface area is 134 Å². The number of hydrogen-bond acceptors (Lipinski definition) is 4. The van der Waals surface area contributed by atoms with Crippen LogP contribution in [0.1, 0.15) is 16.1 Å². The minimum Gasteiger partial charge on any atom is -0.457 e. The highest BCUT2D eigenvalue weighted by atomic mass is 16.5. The molecule has 1 amide bonds. The quantitative estimate of drug-likeness (QED) is 0.795. The Hall–Kier alpha value is -3.21. The first-order valence-electron chi connectivity index (χ1n) is 7.13. The van der Waals surface area contributed by atoms with E-state index in [-0.39, 0.29) is 11.6 Å². The van der Waals surface area contributed by atoms with Crippen molar-refractivity contribution in [2.24, 2.45) is 0 Å². The van der Waals surface area contributed by atoms with Gasteiger partial charge in [0.25, 0.3) is 5.91 Å². The zero-order chi connectivity index (χ0) is 16.1. The average molecular weight is 305 g/mol. The Balaban J connectivity index is 1.65. The predicted octanol–water partition coefficient (Wildman–Crippen LogP) is 3.83. The van der Waals surface area contributed by atoms with Crippen molar-refractivity contribution in [3.05, 3.63) is 78.4 Å². The lowest BCUT2D eigenvalue weighted by molar-refractivity contribution is 0.102. The van der Waals surface area contributed by atoms with Gasteiger partial charge in [-0.25, -0.2) is 4.98 Å². The summed E-state index contributed by atoms with van der Waals surface area (Å²) in [5.74, 6) is 1.17. The molecule has 0 fully saturated rings. The largest absolute Gasteiger partial charge is 0.457 e. The van der Waals surface area contributed by atoms with Crippen LogP contribution in [0.2, 0.25) is 0 Å². The van der Waals surface area contributed by atoms with Gasteiger partial charge in [0.1, 0.15) is 17.2 Å². The molecule has 114 valence electrons. The molecule has 3 aromatic rings. The monoisotopic (exact) mass is 305 g/mol. The smallest absolute Gasteiger partial charge is 0.275 e. The van der Waals surface area contributed by atoms with E-state index >= 15 is 0 Å². The molecular formula is C18H15N3O2. The molecule has 1 heterocycles. The molecule has 3 rings (SSSR count). The topological polar surface area (TPSA) is 64.1 Å². The van der Waals surface area contributed by atoms with E-state index in [1.165, 1.54) is 24.2 Å². The third-order valence-corrected chi connectivity index (χ3v) is 3.16. The Morgan fingerprint density at radius 3 is 2.22 bits per heavy atom. The maximum atomic E-state index is 12.0. The number of hydrogen-bond donors (Lipinski definition) is 1. The van der Waals surface area contributed by atoms with Crippen LogP contribution >= 0.6 is 0 Å².